The first-order valence-electron chi connectivity index (χ1n) is 5.01. The lowest BCUT2D eigenvalue weighted by atomic mass is 10.1. The molecule has 2 heteroatoms. The van der Waals surface area contributed by atoms with E-state index in [1.165, 1.54) is 12.8 Å². The predicted molar refractivity (Wildman–Crippen MR) is 51.3 cm³/mol. The normalized spacial score (nSPS) is 32.8. The third kappa shape index (κ3) is 2.76. The van der Waals surface area contributed by atoms with E-state index in [-0.39, 0.29) is 0 Å². The van der Waals surface area contributed by atoms with Crippen LogP contribution in [0.2, 0.25) is 0 Å². The van der Waals surface area contributed by atoms with Crippen LogP contribution in [0.1, 0.15) is 40.5 Å². The SMILES string of the molecule is CC1CCC([C@H](C)OC(C)C)N1. The van der Waals surface area contributed by atoms with Crippen molar-refractivity contribution in [2.24, 2.45) is 0 Å². The quantitative estimate of drug-likeness (QED) is 0.700. The first-order chi connectivity index (χ1) is 5.59. The minimum Gasteiger partial charge on any atom is -0.374 e. The predicted octanol–water partition coefficient (Wildman–Crippen LogP) is 1.94. The summed E-state index contributed by atoms with van der Waals surface area (Å²) in [6, 6.07) is 1.25. The molecule has 1 N–H and O–H groups in total. The summed E-state index contributed by atoms with van der Waals surface area (Å²) in [5, 5.41) is 3.53. The maximum atomic E-state index is 5.72. The Hall–Kier alpha value is -0.0800. The van der Waals surface area contributed by atoms with Crippen LogP contribution in [0.15, 0.2) is 0 Å². The van der Waals surface area contributed by atoms with Gasteiger partial charge in [-0.15, -0.1) is 0 Å². The molecule has 0 aromatic carbocycles. The van der Waals surface area contributed by atoms with Gasteiger partial charge in [0.05, 0.1) is 12.2 Å². The Bertz CT molecular complexity index is 136. The van der Waals surface area contributed by atoms with E-state index in [1.807, 2.05) is 0 Å². The van der Waals surface area contributed by atoms with Crippen molar-refractivity contribution in [1.82, 2.24) is 5.32 Å². The van der Waals surface area contributed by atoms with Crippen LogP contribution in [0.3, 0.4) is 0 Å². The molecule has 72 valence electrons. The second-order valence-corrected chi connectivity index (χ2v) is 4.14. The fourth-order valence-corrected chi connectivity index (χ4v) is 1.86. The van der Waals surface area contributed by atoms with E-state index >= 15 is 0 Å². The van der Waals surface area contributed by atoms with Crippen molar-refractivity contribution in [3.05, 3.63) is 0 Å². The summed E-state index contributed by atoms with van der Waals surface area (Å²) < 4.78 is 5.72. The summed E-state index contributed by atoms with van der Waals surface area (Å²) in [6.45, 7) is 8.58. The Labute approximate surface area is 75.7 Å². The summed E-state index contributed by atoms with van der Waals surface area (Å²) in [7, 11) is 0. The minimum atomic E-state index is 0.345. The van der Waals surface area contributed by atoms with Gasteiger partial charge >= 0.3 is 0 Å². The van der Waals surface area contributed by atoms with Gasteiger partial charge in [0.1, 0.15) is 0 Å². The summed E-state index contributed by atoms with van der Waals surface area (Å²) in [5.41, 5.74) is 0. The monoisotopic (exact) mass is 171 g/mol. The van der Waals surface area contributed by atoms with Crippen molar-refractivity contribution in [3.63, 3.8) is 0 Å². The van der Waals surface area contributed by atoms with E-state index in [4.69, 9.17) is 4.74 Å². The largest absolute Gasteiger partial charge is 0.374 e. The molecule has 1 rings (SSSR count). The fourth-order valence-electron chi connectivity index (χ4n) is 1.86. The van der Waals surface area contributed by atoms with Gasteiger partial charge in [-0.2, -0.15) is 0 Å². The molecule has 1 fully saturated rings. The topological polar surface area (TPSA) is 21.3 Å². The van der Waals surface area contributed by atoms with Crippen LogP contribution in [-0.4, -0.2) is 24.3 Å². The van der Waals surface area contributed by atoms with Gasteiger partial charge in [0, 0.05) is 12.1 Å². The van der Waals surface area contributed by atoms with Crippen molar-refractivity contribution in [2.75, 3.05) is 0 Å². The molecule has 0 amide bonds. The van der Waals surface area contributed by atoms with Crippen molar-refractivity contribution in [1.29, 1.82) is 0 Å². The second kappa shape index (κ2) is 4.24. The number of hydrogen-bond acceptors (Lipinski definition) is 2. The molecule has 1 heterocycles. The van der Waals surface area contributed by atoms with Crippen LogP contribution in [0.4, 0.5) is 0 Å². The summed E-state index contributed by atoms with van der Waals surface area (Å²) in [4.78, 5) is 0. The molecule has 12 heavy (non-hydrogen) atoms. The van der Waals surface area contributed by atoms with E-state index < -0.39 is 0 Å². The van der Waals surface area contributed by atoms with Crippen molar-refractivity contribution in [3.8, 4) is 0 Å². The van der Waals surface area contributed by atoms with Crippen molar-refractivity contribution in [2.45, 2.75) is 64.8 Å². The highest BCUT2D eigenvalue weighted by atomic mass is 16.5. The van der Waals surface area contributed by atoms with E-state index in [2.05, 4.69) is 33.0 Å². The first-order valence-corrected chi connectivity index (χ1v) is 5.01. The number of nitrogens with one attached hydrogen (secondary N) is 1. The zero-order chi connectivity index (χ0) is 9.14. The Morgan fingerprint density at radius 1 is 1.25 bits per heavy atom. The van der Waals surface area contributed by atoms with Crippen LogP contribution in [0.5, 0.6) is 0 Å². The van der Waals surface area contributed by atoms with Gasteiger partial charge in [-0.1, -0.05) is 0 Å². The molecular weight excluding hydrogens is 150 g/mol. The van der Waals surface area contributed by atoms with Gasteiger partial charge in [0.15, 0.2) is 0 Å². The molecule has 1 saturated heterocycles. The lowest BCUT2D eigenvalue weighted by Gasteiger charge is -2.22. The van der Waals surface area contributed by atoms with Crippen molar-refractivity contribution >= 4 is 0 Å². The van der Waals surface area contributed by atoms with Gasteiger partial charge in [-0.25, -0.2) is 0 Å². The molecule has 2 nitrogen and oxygen atoms in total. The minimum absolute atomic E-state index is 0.345. The maximum Gasteiger partial charge on any atom is 0.0703 e. The standard InChI is InChI=1S/C10H21NO/c1-7(2)12-9(4)10-6-5-8(3)11-10/h7-11H,5-6H2,1-4H3/t8?,9-,10?/m0/s1. The average Bonchev–Trinajstić information content (AvgIpc) is 2.34. The van der Waals surface area contributed by atoms with Gasteiger partial charge in [-0.05, 0) is 40.5 Å². The Morgan fingerprint density at radius 3 is 2.33 bits per heavy atom. The van der Waals surface area contributed by atoms with Crippen LogP contribution in [0, 0.1) is 0 Å². The number of rotatable bonds is 3. The zero-order valence-electron chi connectivity index (χ0n) is 8.63. The Balaban J connectivity index is 2.28. The van der Waals surface area contributed by atoms with Crippen LogP contribution in [0.25, 0.3) is 0 Å². The number of ether oxygens (including phenoxy) is 1. The van der Waals surface area contributed by atoms with E-state index in [0.29, 0.717) is 24.3 Å². The zero-order valence-corrected chi connectivity index (χ0v) is 8.63. The Morgan fingerprint density at radius 2 is 1.92 bits per heavy atom. The molecule has 0 aromatic rings. The molecule has 0 radical (unpaired) electrons. The molecule has 3 atom stereocenters. The highest BCUT2D eigenvalue weighted by Gasteiger charge is 2.25. The number of hydrogen-bond donors (Lipinski definition) is 1. The van der Waals surface area contributed by atoms with E-state index in [1.54, 1.807) is 0 Å². The molecule has 1 aliphatic rings. The van der Waals surface area contributed by atoms with E-state index in [9.17, 15) is 0 Å². The summed E-state index contributed by atoms with van der Waals surface area (Å²) >= 11 is 0. The molecular formula is C10H21NO. The molecule has 0 spiro atoms. The molecule has 1 aliphatic heterocycles. The van der Waals surface area contributed by atoms with Gasteiger partial charge in [0.2, 0.25) is 0 Å². The highest BCUT2D eigenvalue weighted by molar-refractivity contribution is 4.84. The van der Waals surface area contributed by atoms with Crippen LogP contribution >= 0.6 is 0 Å². The van der Waals surface area contributed by atoms with Gasteiger partial charge in [-0.3, -0.25) is 0 Å². The lowest BCUT2D eigenvalue weighted by molar-refractivity contribution is 0.000244. The van der Waals surface area contributed by atoms with Gasteiger partial charge in [0.25, 0.3) is 0 Å². The first kappa shape index (κ1) is 10.0. The smallest absolute Gasteiger partial charge is 0.0703 e. The molecule has 0 aliphatic carbocycles. The summed E-state index contributed by atoms with van der Waals surface area (Å²) in [6.07, 6.45) is 3.25. The second-order valence-electron chi connectivity index (χ2n) is 4.14. The van der Waals surface area contributed by atoms with Crippen LogP contribution in [-0.2, 0) is 4.74 Å². The third-order valence-corrected chi connectivity index (χ3v) is 2.46. The third-order valence-electron chi connectivity index (χ3n) is 2.46. The lowest BCUT2D eigenvalue weighted by Crippen LogP contribution is -2.38. The van der Waals surface area contributed by atoms with Gasteiger partial charge < -0.3 is 10.1 Å². The summed E-state index contributed by atoms with van der Waals surface area (Å²) in [5.74, 6) is 0. The molecule has 0 aromatic heterocycles. The highest BCUT2D eigenvalue weighted by Crippen LogP contribution is 2.17. The molecule has 0 saturated carbocycles. The van der Waals surface area contributed by atoms with E-state index in [0.717, 1.165) is 0 Å². The molecule has 2 unspecified atom stereocenters. The van der Waals surface area contributed by atoms with Crippen molar-refractivity contribution < 1.29 is 4.74 Å². The maximum absolute atomic E-state index is 5.72. The Kier molecular flexibility index (Phi) is 3.53. The fraction of sp³-hybridized carbons (Fsp3) is 1.00. The van der Waals surface area contributed by atoms with Crippen LogP contribution < -0.4 is 5.32 Å². The average molecular weight is 171 g/mol. The molecule has 0 bridgehead atoms.